The molecule has 1 atom stereocenters. The van der Waals surface area contributed by atoms with E-state index in [1.807, 2.05) is 24.0 Å². The van der Waals surface area contributed by atoms with E-state index in [9.17, 15) is 0 Å². The second-order valence-corrected chi connectivity index (χ2v) is 4.04. The Morgan fingerprint density at radius 1 is 1.53 bits per heavy atom. The lowest BCUT2D eigenvalue weighted by Crippen LogP contribution is -2.30. The largest absolute Gasteiger partial charge is 0.275 e. The van der Waals surface area contributed by atoms with Gasteiger partial charge in [0.15, 0.2) is 0 Å². The fraction of sp³-hybridized carbons (Fsp3) is 0.545. The summed E-state index contributed by atoms with van der Waals surface area (Å²) in [6.07, 6.45) is 9.09. The van der Waals surface area contributed by atoms with Crippen LogP contribution in [0.25, 0.3) is 0 Å². The van der Waals surface area contributed by atoms with E-state index in [2.05, 4.69) is 16.6 Å². The predicted molar refractivity (Wildman–Crippen MR) is 59.8 cm³/mol. The third-order valence-electron chi connectivity index (χ3n) is 2.89. The highest BCUT2D eigenvalue weighted by Gasteiger charge is 2.18. The van der Waals surface area contributed by atoms with E-state index in [1.165, 1.54) is 24.8 Å². The molecule has 0 radical (unpaired) electrons. The van der Waals surface area contributed by atoms with Gasteiger partial charge >= 0.3 is 0 Å². The molecule has 3 N–H and O–H groups in total. The zero-order valence-corrected chi connectivity index (χ0v) is 9.11. The Morgan fingerprint density at radius 2 is 2.40 bits per heavy atom. The molecule has 4 nitrogen and oxygen atoms in total. The molecule has 0 saturated heterocycles. The van der Waals surface area contributed by atoms with Gasteiger partial charge in [0.2, 0.25) is 0 Å². The number of allylic oxidation sites excluding steroid dienone is 1. The van der Waals surface area contributed by atoms with Crippen LogP contribution >= 0.6 is 0 Å². The maximum atomic E-state index is 5.60. The van der Waals surface area contributed by atoms with Crippen LogP contribution in [0, 0.1) is 0 Å². The third-order valence-corrected chi connectivity index (χ3v) is 2.89. The van der Waals surface area contributed by atoms with Crippen LogP contribution in [0.4, 0.5) is 0 Å². The summed E-state index contributed by atoms with van der Waals surface area (Å²) in [5.41, 5.74) is 5.24. The zero-order chi connectivity index (χ0) is 10.7. The smallest absolute Gasteiger partial charge is 0.0860 e. The van der Waals surface area contributed by atoms with Crippen LogP contribution in [-0.4, -0.2) is 9.78 Å². The van der Waals surface area contributed by atoms with Crippen molar-refractivity contribution in [3.8, 4) is 0 Å². The fourth-order valence-electron chi connectivity index (χ4n) is 2.09. The summed E-state index contributed by atoms with van der Waals surface area (Å²) in [5.74, 6) is 5.60. The lowest BCUT2D eigenvalue weighted by molar-refractivity contribution is 0.547. The molecule has 1 aliphatic carbocycles. The average molecular weight is 206 g/mol. The molecular formula is C11H18N4. The average Bonchev–Trinajstić information content (AvgIpc) is 2.68. The minimum atomic E-state index is 0.0894. The van der Waals surface area contributed by atoms with Gasteiger partial charge in [-0.05, 0) is 37.3 Å². The molecule has 0 saturated carbocycles. The van der Waals surface area contributed by atoms with Gasteiger partial charge in [-0.2, -0.15) is 5.10 Å². The van der Waals surface area contributed by atoms with Crippen LogP contribution in [0.5, 0.6) is 0 Å². The molecule has 0 aromatic carbocycles. The topological polar surface area (TPSA) is 55.9 Å². The number of nitrogens with two attached hydrogens (primary N) is 1. The molecule has 2 rings (SSSR count). The van der Waals surface area contributed by atoms with Crippen LogP contribution in [0.1, 0.15) is 37.4 Å². The maximum absolute atomic E-state index is 5.60. The first kappa shape index (κ1) is 10.4. The molecule has 0 aliphatic heterocycles. The summed E-state index contributed by atoms with van der Waals surface area (Å²) >= 11 is 0. The van der Waals surface area contributed by atoms with Gasteiger partial charge in [0, 0.05) is 13.2 Å². The summed E-state index contributed by atoms with van der Waals surface area (Å²) < 4.78 is 1.81. The molecular weight excluding hydrogens is 188 g/mol. The molecule has 1 aromatic rings. The van der Waals surface area contributed by atoms with Crippen molar-refractivity contribution >= 4 is 0 Å². The molecule has 82 valence electrons. The summed E-state index contributed by atoms with van der Waals surface area (Å²) in [6.45, 7) is 0. The zero-order valence-electron chi connectivity index (χ0n) is 9.11. The van der Waals surface area contributed by atoms with Gasteiger partial charge in [-0.1, -0.05) is 6.08 Å². The fourth-order valence-corrected chi connectivity index (χ4v) is 2.09. The van der Waals surface area contributed by atoms with E-state index in [-0.39, 0.29) is 6.04 Å². The second-order valence-electron chi connectivity index (χ2n) is 4.04. The number of aryl methyl sites for hydroxylation is 1. The Bertz CT molecular complexity index is 353. The van der Waals surface area contributed by atoms with E-state index < -0.39 is 0 Å². The Hall–Kier alpha value is -1.13. The van der Waals surface area contributed by atoms with Crippen LogP contribution < -0.4 is 11.3 Å². The third kappa shape index (κ3) is 2.27. The van der Waals surface area contributed by atoms with Gasteiger partial charge in [0.1, 0.15) is 0 Å². The van der Waals surface area contributed by atoms with Crippen molar-refractivity contribution in [3.63, 3.8) is 0 Å². The molecule has 0 amide bonds. The Labute approximate surface area is 90.1 Å². The normalized spacial score (nSPS) is 18.7. The van der Waals surface area contributed by atoms with Crippen molar-refractivity contribution in [1.82, 2.24) is 15.2 Å². The van der Waals surface area contributed by atoms with Crippen molar-refractivity contribution in [1.29, 1.82) is 0 Å². The van der Waals surface area contributed by atoms with Gasteiger partial charge in [0.05, 0.1) is 11.7 Å². The van der Waals surface area contributed by atoms with Crippen LogP contribution in [0.3, 0.4) is 0 Å². The molecule has 1 heterocycles. The number of rotatable bonds is 3. The van der Waals surface area contributed by atoms with Crippen LogP contribution in [0.15, 0.2) is 23.9 Å². The number of aromatic nitrogens is 2. The van der Waals surface area contributed by atoms with Crippen LogP contribution in [0.2, 0.25) is 0 Å². The first-order valence-corrected chi connectivity index (χ1v) is 5.46. The standard InChI is InChI=1S/C11H18N4/c1-15-8-7-10(14-15)11(13-12)9-5-3-2-4-6-9/h5,7-8,11,13H,2-4,6,12H2,1H3. The number of nitrogens with zero attached hydrogens (tertiary/aromatic N) is 2. The van der Waals surface area contributed by atoms with Crippen molar-refractivity contribution in [2.75, 3.05) is 0 Å². The first-order valence-electron chi connectivity index (χ1n) is 5.46. The second kappa shape index (κ2) is 4.59. The number of hydrogen-bond acceptors (Lipinski definition) is 3. The molecule has 15 heavy (non-hydrogen) atoms. The van der Waals surface area contributed by atoms with Crippen molar-refractivity contribution in [2.45, 2.75) is 31.7 Å². The maximum Gasteiger partial charge on any atom is 0.0860 e. The monoisotopic (exact) mass is 206 g/mol. The van der Waals surface area contributed by atoms with Crippen LogP contribution in [-0.2, 0) is 7.05 Å². The predicted octanol–water partition coefficient (Wildman–Crippen LogP) is 1.42. The number of nitrogens with one attached hydrogen (secondary N) is 1. The Balaban J connectivity index is 2.19. The van der Waals surface area contributed by atoms with Crippen molar-refractivity contribution in [2.24, 2.45) is 12.9 Å². The number of hydrazine groups is 1. The van der Waals surface area contributed by atoms with E-state index in [1.54, 1.807) is 0 Å². The molecule has 0 fully saturated rings. The highest BCUT2D eigenvalue weighted by atomic mass is 15.3. The number of hydrogen-bond donors (Lipinski definition) is 2. The Morgan fingerprint density at radius 3 is 2.93 bits per heavy atom. The minimum absolute atomic E-state index is 0.0894. The molecule has 4 heteroatoms. The van der Waals surface area contributed by atoms with Gasteiger partial charge in [-0.25, -0.2) is 5.43 Å². The van der Waals surface area contributed by atoms with Gasteiger partial charge in [-0.15, -0.1) is 0 Å². The van der Waals surface area contributed by atoms with E-state index >= 15 is 0 Å². The van der Waals surface area contributed by atoms with E-state index in [0.717, 1.165) is 12.1 Å². The lowest BCUT2D eigenvalue weighted by Gasteiger charge is -2.20. The highest BCUT2D eigenvalue weighted by molar-refractivity contribution is 5.22. The molecule has 1 aromatic heterocycles. The first-order chi connectivity index (χ1) is 7.31. The minimum Gasteiger partial charge on any atom is -0.275 e. The summed E-state index contributed by atoms with van der Waals surface area (Å²) in [7, 11) is 1.92. The van der Waals surface area contributed by atoms with Gasteiger partial charge in [-0.3, -0.25) is 10.5 Å². The molecule has 1 aliphatic rings. The summed E-state index contributed by atoms with van der Waals surface area (Å²) in [5, 5.41) is 4.39. The van der Waals surface area contributed by atoms with E-state index in [0.29, 0.717) is 0 Å². The van der Waals surface area contributed by atoms with Gasteiger partial charge in [0.25, 0.3) is 0 Å². The van der Waals surface area contributed by atoms with Crippen molar-refractivity contribution in [3.05, 3.63) is 29.6 Å². The lowest BCUT2D eigenvalue weighted by atomic mass is 9.93. The summed E-state index contributed by atoms with van der Waals surface area (Å²) in [6, 6.07) is 2.10. The SMILES string of the molecule is Cn1ccc(C(NN)C2=CCCCC2)n1. The Kier molecular flexibility index (Phi) is 3.18. The van der Waals surface area contributed by atoms with Gasteiger partial charge < -0.3 is 0 Å². The summed E-state index contributed by atoms with van der Waals surface area (Å²) in [4.78, 5) is 0. The molecule has 0 bridgehead atoms. The highest BCUT2D eigenvalue weighted by Crippen LogP contribution is 2.28. The van der Waals surface area contributed by atoms with Crippen molar-refractivity contribution < 1.29 is 0 Å². The quantitative estimate of drug-likeness (QED) is 0.447. The molecule has 0 spiro atoms. The molecule has 1 unspecified atom stereocenters. The van der Waals surface area contributed by atoms with E-state index in [4.69, 9.17) is 5.84 Å².